The van der Waals surface area contributed by atoms with Gasteiger partial charge in [0.2, 0.25) is 10.0 Å². The number of alkyl halides is 3. The number of pyridine rings is 1. The summed E-state index contributed by atoms with van der Waals surface area (Å²) in [6.45, 7) is -0.364. The fraction of sp³-hybridized carbons (Fsp3) is 0.250. The molecule has 10 heteroatoms. The van der Waals surface area contributed by atoms with Crippen molar-refractivity contribution in [1.29, 1.82) is 0 Å². The third-order valence-electron chi connectivity index (χ3n) is 3.29. The average molecular weight is 388 g/mol. The molecular formula is C16H15F3N2O4S. The van der Waals surface area contributed by atoms with Gasteiger partial charge in [-0.15, -0.1) is 0 Å². The van der Waals surface area contributed by atoms with Gasteiger partial charge in [0, 0.05) is 12.4 Å². The molecule has 0 saturated carbocycles. The number of hydrogen-bond acceptors (Lipinski definition) is 5. The van der Waals surface area contributed by atoms with Crippen LogP contribution in [0.15, 0.2) is 48.8 Å². The quantitative estimate of drug-likeness (QED) is 0.712. The summed E-state index contributed by atoms with van der Waals surface area (Å²) in [7, 11) is -3.61. The Hall–Kier alpha value is -2.62. The zero-order chi connectivity index (χ0) is 19.4. The van der Waals surface area contributed by atoms with Gasteiger partial charge in [-0.05, 0) is 29.8 Å². The second kappa shape index (κ2) is 7.73. The second-order valence-electron chi connectivity index (χ2n) is 5.28. The van der Waals surface area contributed by atoms with Crippen molar-refractivity contribution >= 4 is 21.7 Å². The second-order valence-corrected chi connectivity index (χ2v) is 7.17. The summed E-state index contributed by atoms with van der Waals surface area (Å²) in [5.74, 6) is -2.76. The maximum Gasteiger partial charge on any atom is 0.404 e. The van der Waals surface area contributed by atoms with Crippen molar-refractivity contribution in [2.24, 2.45) is 0 Å². The zero-order valence-electron chi connectivity index (χ0n) is 13.6. The van der Waals surface area contributed by atoms with Crippen molar-refractivity contribution < 1.29 is 31.1 Å². The number of carbonyl (C=O) groups excluding carboxylic acids is 1. The molecule has 26 heavy (non-hydrogen) atoms. The summed E-state index contributed by atoms with van der Waals surface area (Å²) < 4.78 is 68.1. The Morgan fingerprint density at radius 3 is 2.54 bits per heavy atom. The number of sulfonamides is 1. The number of hydrogen-bond donors (Lipinski definition) is 0. The highest BCUT2D eigenvalue weighted by Gasteiger charge is 2.38. The minimum atomic E-state index is -4.91. The van der Waals surface area contributed by atoms with Gasteiger partial charge >= 0.3 is 12.1 Å². The molecule has 0 radical (unpaired) electrons. The Labute approximate surface area is 148 Å². The first-order chi connectivity index (χ1) is 12.1. The molecule has 0 bridgehead atoms. The smallest absolute Gasteiger partial charge is 0.404 e. The SMILES string of the molecule is COC(=O)c1cccc(N(Cc2cccnc2)S(=O)(=O)CC(F)(F)F)c1. The van der Waals surface area contributed by atoms with Crippen molar-refractivity contribution in [3.8, 4) is 0 Å². The van der Waals surface area contributed by atoms with Crippen LogP contribution in [0.3, 0.4) is 0 Å². The molecule has 1 aromatic carbocycles. The summed E-state index contributed by atoms with van der Waals surface area (Å²) >= 11 is 0. The molecule has 0 amide bonds. The van der Waals surface area contributed by atoms with E-state index in [0.717, 1.165) is 13.2 Å². The number of ether oxygens (including phenoxy) is 1. The fourth-order valence-corrected chi connectivity index (χ4v) is 3.55. The molecule has 0 saturated heterocycles. The highest BCUT2D eigenvalue weighted by molar-refractivity contribution is 7.92. The number of benzene rings is 1. The van der Waals surface area contributed by atoms with E-state index < -0.39 is 27.9 Å². The first-order valence-corrected chi connectivity index (χ1v) is 8.88. The van der Waals surface area contributed by atoms with Crippen LogP contribution in [0.2, 0.25) is 0 Å². The Morgan fingerprint density at radius 2 is 1.96 bits per heavy atom. The monoisotopic (exact) mass is 388 g/mol. The maximum atomic E-state index is 12.7. The summed E-state index contributed by atoms with van der Waals surface area (Å²) in [6.07, 6.45) is -2.11. The largest absolute Gasteiger partial charge is 0.465 e. The van der Waals surface area contributed by atoms with Crippen molar-refractivity contribution in [2.45, 2.75) is 12.7 Å². The van der Waals surface area contributed by atoms with Crippen LogP contribution < -0.4 is 4.31 Å². The third kappa shape index (κ3) is 5.19. The van der Waals surface area contributed by atoms with Crippen molar-refractivity contribution in [3.05, 3.63) is 59.9 Å². The van der Waals surface area contributed by atoms with Gasteiger partial charge in [-0.3, -0.25) is 9.29 Å². The zero-order valence-corrected chi connectivity index (χ0v) is 14.4. The van der Waals surface area contributed by atoms with Gasteiger partial charge in [-0.25, -0.2) is 13.2 Å². The predicted octanol–water partition coefficient (Wildman–Crippen LogP) is 2.77. The number of esters is 1. The lowest BCUT2D eigenvalue weighted by molar-refractivity contribution is -0.106. The van der Waals surface area contributed by atoms with E-state index in [0.29, 0.717) is 9.87 Å². The van der Waals surface area contributed by atoms with Gasteiger partial charge in [-0.2, -0.15) is 13.2 Å². The molecule has 1 aromatic heterocycles. The molecule has 1 heterocycles. The molecule has 140 valence electrons. The molecule has 0 fully saturated rings. The first-order valence-electron chi connectivity index (χ1n) is 7.27. The minimum Gasteiger partial charge on any atom is -0.465 e. The standard InChI is InChI=1S/C16H15F3N2O4S/c1-25-15(22)13-5-2-6-14(8-13)21(10-12-4-3-7-20-9-12)26(23,24)11-16(17,18)19/h2-9H,10-11H2,1H3. The molecule has 0 spiro atoms. The number of halogens is 3. The third-order valence-corrected chi connectivity index (χ3v) is 4.99. The highest BCUT2D eigenvalue weighted by Crippen LogP contribution is 2.27. The lowest BCUT2D eigenvalue weighted by Crippen LogP contribution is -2.37. The van der Waals surface area contributed by atoms with Gasteiger partial charge in [-0.1, -0.05) is 12.1 Å². The molecule has 2 rings (SSSR count). The van der Waals surface area contributed by atoms with E-state index in [-0.39, 0.29) is 17.8 Å². The number of carbonyl (C=O) groups is 1. The summed E-state index contributed by atoms with van der Waals surface area (Å²) in [5.41, 5.74) is 0.325. The molecule has 0 N–H and O–H groups in total. The Kier molecular flexibility index (Phi) is 5.86. The summed E-state index contributed by atoms with van der Waals surface area (Å²) in [5, 5.41) is 0. The van der Waals surface area contributed by atoms with E-state index in [2.05, 4.69) is 9.72 Å². The average Bonchev–Trinajstić information content (AvgIpc) is 2.57. The van der Waals surface area contributed by atoms with Crippen LogP contribution >= 0.6 is 0 Å². The van der Waals surface area contributed by atoms with E-state index >= 15 is 0 Å². The van der Waals surface area contributed by atoms with Crippen molar-refractivity contribution in [2.75, 3.05) is 17.2 Å². The number of anilines is 1. The fourth-order valence-electron chi connectivity index (χ4n) is 2.20. The van der Waals surface area contributed by atoms with Crippen LogP contribution in [0.5, 0.6) is 0 Å². The van der Waals surface area contributed by atoms with Crippen LogP contribution in [0.4, 0.5) is 18.9 Å². The van der Waals surface area contributed by atoms with Crippen LogP contribution in [-0.2, 0) is 21.3 Å². The Morgan fingerprint density at radius 1 is 1.23 bits per heavy atom. The summed E-state index contributed by atoms with van der Waals surface area (Å²) in [6, 6.07) is 8.27. The minimum absolute atomic E-state index is 0.0170. The van der Waals surface area contributed by atoms with Crippen molar-refractivity contribution in [1.82, 2.24) is 4.98 Å². The van der Waals surface area contributed by atoms with E-state index in [1.807, 2.05) is 0 Å². The molecule has 0 aliphatic carbocycles. The Bertz CT molecular complexity index is 871. The van der Waals surface area contributed by atoms with Gasteiger partial charge in [0.05, 0.1) is 24.9 Å². The maximum absolute atomic E-state index is 12.7. The molecule has 0 unspecified atom stereocenters. The number of rotatable bonds is 6. The van der Waals surface area contributed by atoms with Gasteiger partial charge in [0.25, 0.3) is 0 Å². The highest BCUT2D eigenvalue weighted by atomic mass is 32.2. The van der Waals surface area contributed by atoms with Crippen LogP contribution in [0.25, 0.3) is 0 Å². The number of nitrogens with zero attached hydrogens (tertiary/aromatic N) is 2. The lowest BCUT2D eigenvalue weighted by atomic mass is 10.2. The molecule has 0 aliphatic rings. The van der Waals surface area contributed by atoms with Gasteiger partial charge < -0.3 is 4.74 Å². The van der Waals surface area contributed by atoms with E-state index in [1.165, 1.54) is 42.7 Å². The van der Waals surface area contributed by atoms with Crippen LogP contribution in [0, 0.1) is 0 Å². The molecule has 6 nitrogen and oxygen atoms in total. The van der Waals surface area contributed by atoms with Gasteiger partial charge in [0.15, 0.2) is 5.75 Å². The topological polar surface area (TPSA) is 76.6 Å². The Balaban J connectivity index is 2.48. The van der Waals surface area contributed by atoms with E-state index in [4.69, 9.17) is 0 Å². The molecule has 0 atom stereocenters. The summed E-state index contributed by atoms with van der Waals surface area (Å²) in [4.78, 5) is 15.5. The van der Waals surface area contributed by atoms with E-state index in [9.17, 15) is 26.4 Å². The van der Waals surface area contributed by atoms with E-state index in [1.54, 1.807) is 0 Å². The molecular weight excluding hydrogens is 373 g/mol. The lowest BCUT2D eigenvalue weighted by Gasteiger charge is -2.25. The van der Waals surface area contributed by atoms with Gasteiger partial charge in [0.1, 0.15) is 0 Å². The first kappa shape index (κ1) is 19.7. The molecule has 0 aliphatic heterocycles. The predicted molar refractivity (Wildman–Crippen MR) is 88.0 cm³/mol. The number of aromatic nitrogens is 1. The van der Waals surface area contributed by atoms with Crippen LogP contribution in [-0.4, -0.2) is 38.4 Å². The molecule has 2 aromatic rings. The van der Waals surface area contributed by atoms with Crippen molar-refractivity contribution in [3.63, 3.8) is 0 Å². The normalized spacial score (nSPS) is 11.8. The van der Waals surface area contributed by atoms with Crippen LogP contribution in [0.1, 0.15) is 15.9 Å². The number of methoxy groups -OCH3 is 1.